The van der Waals surface area contributed by atoms with Crippen molar-refractivity contribution in [2.45, 2.75) is 11.3 Å². The number of sulfonamides is 1. The topological polar surface area (TPSA) is 131 Å². The largest absolute Gasteiger partial charge is 0.270 e. The van der Waals surface area contributed by atoms with Crippen molar-refractivity contribution in [3.8, 4) is 0 Å². The van der Waals surface area contributed by atoms with E-state index in [1.165, 1.54) is 12.4 Å². The third kappa shape index (κ3) is 3.74. The Balaban J connectivity index is 2.15. The minimum Gasteiger partial charge on any atom is -0.263 e. The summed E-state index contributed by atoms with van der Waals surface area (Å²) in [7, 11) is -3.95. The second-order valence-electron chi connectivity index (χ2n) is 3.95. The lowest BCUT2D eigenvalue weighted by Gasteiger charge is -2.07. The summed E-state index contributed by atoms with van der Waals surface area (Å²) in [6.07, 6.45) is 1.60. The number of hydrogen-bond donors (Lipinski definition) is 2. The van der Waals surface area contributed by atoms with Crippen molar-refractivity contribution < 1.29 is 13.3 Å². The molecular weight excluding hydrogens is 322 g/mol. The van der Waals surface area contributed by atoms with Gasteiger partial charge < -0.3 is 0 Å². The number of H-pyrrole nitrogens is 1. The van der Waals surface area contributed by atoms with Gasteiger partial charge in [0.25, 0.3) is 5.69 Å². The summed E-state index contributed by atoms with van der Waals surface area (Å²) in [4.78, 5) is 13.5. The fourth-order valence-electron chi connectivity index (χ4n) is 1.54. The quantitative estimate of drug-likeness (QED) is 0.597. The molecule has 2 N–H and O–H groups in total. The molecule has 0 aliphatic rings. The number of aromatic amines is 1. The van der Waals surface area contributed by atoms with E-state index in [-0.39, 0.29) is 22.2 Å². The molecule has 0 aliphatic heterocycles. The van der Waals surface area contributed by atoms with Gasteiger partial charge in [-0.15, -0.1) is 0 Å². The van der Waals surface area contributed by atoms with Crippen molar-refractivity contribution in [3.05, 3.63) is 45.5 Å². The molecule has 2 aromatic rings. The molecule has 0 atom stereocenters. The van der Waals surface area contributed by atoms with E-state index in [1.807, 2.05) is 0 Å². The SMILES string of the molecule is O=[N+]([O-])c1ccc(Cl)c(S(=O)(=O)NCCc2ncn[nH]2)c1. The summed E-state index contributed by atoms with van der Waals surface area (Å²) in [5.74, 6) is 0.517. The van der Waals surface area contributed by atoms with Crippen LogP contribution in [0.2, 0.25) is 5.02 Å². The molecule has 0 fully saturated rings. The van der Waals surface area contributed by atoms with Crippen molar-refractivity contribution in [1.82, 2.24) is 19.9 Å². The Labute approximate surface area is 124 Å². The van der Waals surface area contributed by atoms with Gasteiger partial charge >= 0.3 is 0 Å². The lowest BCUT2D eigenvalue weighted by Crippen LogP contribution is -2.26. The van der Waals surface area contributed by atoms with Crippen LogP contribution in [0.5, 0.6) is 0 Å². The number of nitro benzene ring substituents is 1. The first-order valence-corrected chi connectivity index (χ1v) is 7.54. The van der Waals surface area contributed by atoms with Gasteiger partial charge in [-0.2, -0.15) is 5.10 Å². The van der Waals surface area contributed by atoms with E-state index >= 15 is 0 Å². The van der Waals surface area contributed by atoms with Crippen LogP contribution in [0.1, 0.15) is 5.82 Å². The van der Waals surface area contributed by atoms with Crippen molar-refractivity contribution >= 4 is 27.3 Å². The minimum absolute atomic E-state index is 0.0521. The molecule has 0 saturated heterocycles. The van der Waals surface area contributed by atoms with Gasteiger partial charge in [-0.3, -0.25) is 15.2 Å². The lowest BCUT2D eigenvalue weighted by molar-refractivity contribution is -0.385. The number of hydrogen-bond acceptors (Lipinski definition) is 6. The van der Waals surface area contributed by atoms with Crippen LogP contribution in [0.15, 0.2) is 29.4 Å². The molecule has 1 heterocycles. The number of nitrogens with one attached hydrogen (secondary N) is 2. The smallest absolute Gasteiger partial charge is 0.263 e. The zero-order chi connectivity index (χ0) is 15.5. The predicted octanol–water partition coefficient (Wildman–Crippen LogP) is 0.887. The number of rotatable bonds is 6. The van der Waals surface area contributed by atoms with Gasteiger partial charge in [0.05, 0.1) is 9.95 Å². The molecular formula is C10H10ClN5O4S. The van der Waals surface area contributed by atoms with E-state index in [0.717, 1.165) is 12.1 Å². The summed E-state index contributed by atoms with van der Waals surface area (Å²) in [6.45, 7) is 0.0521. The number of benzene rings is 1. The summed E-state index contributed by atoms with van der Waals surface area (Å²) in [5, 5.41) is 16.8. The Morgan fingerprint density at radius 1 is 1.43 bits per heavy atom. The molecule has 2 rings (SSSR count). The van der Waals surface area contributed by atoms with Gasteiger partial charge in [0, 0.05) is 25.1 Å². The van der Waals surface area contributed by atoms with Crippen molar-refractivity contribution in [3.63, 3.8) is 0 Å². The summed E-state index contributed by atoms with van der Waals surface area (Å²) in [6, 6.07) is 3.22. The number of halogens is 1. The average molecular weight is 332 g/mol. The Morgan fingerprint density at radius 3 is 2.81 bits per heavy atom. The first-order chi connectivity index (χ1) is 9.90. The minimum atomic E-state index is -3.95. The maximum atomic E-state index is 12.1. The zero-order valence-corrected chi connectivity index (χ0v) is 12.1. The van der Waals surface area contributed by atoms with Crippen LogP contribution in [0.3, 0.4) is 0 Å². The third-order valence-corrected chi connectivity index (χ3v) is 4.48. The summed E-state index contributed by atoms with van der Waals surface area (Å²) in [5.41, 5.74) is -0.352. The maximum absolute atomic E-state index is 12.1. The van der Waals surface area contributed by atoms with E-state index in [9.17, 15) is 18.5 Å². The van der Waals surface area contributed by atoms with Gasteiger partial charge in [-0.05, 0) is 6.07 Å². The monoisotopic (exact) mass is 331 g/mol. The normalized spacial score (nSPS) is 11.5. The van der Waals surface area contributed by atoms with Gasteiger partial charge in [0.1, 0.15) is 17.0 Å². The number of nitrogens with zero attached hydrogens (tertiary/aromatic N) is 3. The molecule has 0 aliphatic carbocycles. The van der Waals surface area contributed by atoms with Crippen LogP contribution in [0.4, 0.5) is 5.69 Å². The zero-order valence-electron chi connectivity index (χ0n) is 10.5. The fraction of sp³-hybridized carbons (Fsp3) is 0.200. The van der Waals surface area contributed by atoms with Crippen LogP contribution in [0, 0.1) is 10.1 Å². The molecule has 1 aromatic heterocycles. The van der Waals surface area contributed by atoms with Gasteiger partial charge in [0.2, 0.25) is 10.0 Å². The Morgan fingerprint density at radius 2 is 2.19 bits per heavy atom. The molecule has 21 heavy (non-hydrogen) atoms. The summed E-state index contributed by atoms with van der Waals surface area (Å²) >= 11 is 5.79. The Kier molecular flexibility index (Phi) is 4.50. The Bertz CT molecular complexity index is 747. The van der Waals surface area contributed by atoms with Crippen LogP contribution in [-0.4, -0.2) is 35.1 Å². The van der Waals surface area contributed by atoms with Gasteiger partial charge in [-0.1, -0.05) is 11.6 Å². The molecule has 112 valence electrons. The molecule has 0 spiro atoms. The van der Waals surface area contributed by atoms with Gasteiger partial charge in [-0.25, -0.2) is 18.1 Å². The molecule has 0 radical (unpaired) electrons. The van der Waals surface area contributed by atoms with E-state index in [2.05, 4.69) is 19.9 Å². The molecule has 1 aromatic carbocycles. The van der Waals surface area contributed by atoms with Crippen LogP contribution in [-0.2, 0) is 16.4 Å². The molecule has 0 saturated carbocycles. The van der Waals surface area contributed by atoms with Crippen LogP contribution in [0.25, 0.3) is 0 Å². The maximum Gasteiger partial charge on any atom is 0.270 e. The van der Waals surface area contributed by atoms with Crippen molar-refractivity contribution in [1.29, 1.82) is 0 Å². The Hall–Kier alpha value is -2.04. The van der Waals surface area contributed by atoms with E-state index in [0.29, 0.717) is 12.2 Å². The highest BCUT2D eigenvalue weighted by Crippen LogP contribution is 2.25. The first-order valence-electron chi connectivity index (χ1n) is 5.68. The van der Waals surface area contributed by atoms with Crippen molar-refractivity contribution in [2.75, 3.05) is 6.54 Å². The van der Waals surface area contributed by atoms with E-state index < -0.39 is 14.9 Å². The van der Waals surface area contributed by atoms with E-state index in [1.54, 1.807) is 0 Å². The molecule has 9 nitrogen and oxygen atoms in total. The highest BCUT2D eigenvalue weighted by atomic mass is 35.5. The predicted molar refractivity (Wildman–Crippen MR) is 73.4 cm³/mol. The summed E-state index contributed by atoms with van der Waals surface area (Å²) < 4.78 is 26.5. The van der Waals surface area contributed by atoms with Crippen LogP contribution >= 0.6 is 11.6 Å². The highest BCUT2D eigenvalue weighted by molar-refractivity contribution is 7.89. The standard InChI is InChI=1S/C10H10ClN5O4S/c11-8-2-1-7(16(17)18)5-9(8)21(19,20)14-4-3-10-12-6-13-15-10/h1-2,5-6,14H,3-4H2,(H,12,13,15). The molecule has 0 unspecified atom stereocenters. The second-order valence-corrected chi connectivity index (χ2v) is 6.09. The number of nitro groups is 1. The van der Waals surface area contributed by atoms with Crippen molar-refractivity contribution in [2.24, 2.45) is 0 Å². The number of non-ortho nitro benzene ring substituents is 1. The first kappa shape index (κ1) is 15.4. The van der Waals surface area contributed by atoms with Gasteiger partial charge in [0.15, 0.2) is 0 Å². The van der Waals surface area contributed by atoms with E-state index in [4.69, 9.17) is 11.6 Å². The molecule has 0 bridgehead atoms. The third-order valence-electron chi connectivity index (χ3n) is 2.53. The molecule has 11 heteroatoms. The molecule has 0 amide bonds. The highest BCUT2D eigenvalue weighted by Gasteiger charge is 2.21. The van der Waals surface area contributed by atoms with Crippen LogP contribution < -0.4 is 4.72 Å². The fourth-order valence-corrected chi connectivity index (χ4v) is 3.09. The number of aromatic nitrogens is 3. The lowest BCUT2D eigenvalue weighted by atomic mass is 10.3. The average Bonchev–Trinajstić information content (AvgIpc) is 2.91. The second kappa shape index (κ2) is 6.16.